The van der Waals surface area contributed by atoms with Gasteiger partial charge < -0.3 is 4.90 Å². The number of halogens is 1. The van der Waals surface area contributed by atoms with Crippen LogP contribution in [0.3, 0.4) is 0 Å². The smallest absolute Gasteiger partial charge is 0.253 e. The van der Waals surface area contributed by atoms with E-state index in [4.69, 9.17) is 0 Å². The van der Waals surface area contributed by atoms with Gasteiger partial charge in [-0.1, -0.05) is 0 Å². The van der Waals surface area contributed by atoms with Crippen molar-refractivity contribution in [1.82, 2.24) is 9.21 Å². The molecule has 126 valence electrons. The highest BCUT2D eigenvalue weighted by Gasteiger charge is 2.36. The number of likely N-dealkylation sites (tertiary alicyclic amines) is 1. The van der Waals surface area contributed by atoms with Gasteiger partial charge in [0.25, 0.3) is 5.91 Å². The van der Waals surface area contributed by atoms with E-state index in [0.29, 0.717) is 50.0 Å². The Labute approximate surface area is 136 Å². The number of amides is 1. The second kappa shape index (κ2) is 6.20. The molecule has 3 rings (SSSR count). The first-order chi connectivity index (χ1) is 10.9. The summed E-state index contributed by atoms with van der Waals surface area (Å²) in [6.45, 7) is 3.35. The summed E-state index contributed by atoms with van der Waals surface area (Å²) >= 11 is 0. The molecule has 2 heterocycles. The largest absolute Gasteiger partial charge is 0.339 e. The number of benzene rings is 1. The average molecular weight is 340 g/mol. The summed E-state index contributed by atoms with van der Waals surface area (Å²) in [5.41, 5.74) is 1.07. The Hall–Kier alpha value is -1.47. The standard InChI is InChI=1S/C16H21FN2O3S/c1-12-9-13(11-14(17)10-12)16(20)18-6-3-15(4-7-18)19-5-2-8-23(19,21)22/h9-11,15H,2-8H2,1H3. The zero-order valence-electron chi connectivity index (χ0n) is 13.2. The third-order valence-electron chi connectivity index (χ3n) is 4.59. The summed E-state index contributed by atoms with van der Waals surface area (Å²) in [4.78, 5) is 14.2. The maximum atomic E-state index is 13.5. The normalized spacial score (nSPS) is 22.4. The molecule has 0 radical (unpaired) electrons. The molecule has 2 saturated heterocycles. The first kappa shape index (κ1) is 16.4. The van der Waals surface area contributed by atoms with E-state index >= 15 is 0 Å². The Balaban J connectivity index is 1.66. The molecular formula is C16H21FN2O3S. The second-order valence-corrected chi connectivity index (χ2v) is 8.36. The fourth-order valence-electron chi connectivity index (χ4n) is 3.47. The number of sulfonamides is 1. The van der Waals surface area contributed by atoms with Gasteiger partial charge in [0.05, 0.1) is 5.75 Å². The lowest BCUT2D eigenvalue weighted by Crippen LogP contribution is -2.47. The summed E-state index contributed by atoms with van der Waals surface area (Å²) in [5.74, 6) is -0.365. The van der Waals surface area contributed by atoms with Crippen molar-refractivity contribution in [2.75, 3.05) is 25.4 Å². The molecule has 1 amide bonds. The fourth-order valence-corrected chi connectivity index (χ4v) is 5.27. The van der Waals surface area contributed by atoms with Crippen LogP contribution in [0.2, 0.25) is 0 Å². The molecule has 0 atom stereocenters. The minimum atomic E-state index is -3.11. The third-order valence-corrected chi connectivity index (χ3v) is 6.59. The van der Waals surface area contributed by atoms with E-state index in [1.54, 1.807) is 22.2 Å². The van der Waals surface area contributed by atoms with E-state index in [-0.39, 0.29) is 17.7 Å². The fraction of sp³-hybridized carbons (Fsp3) is 0.562. The number of aryl methyl sites for hydroxylation is 1. The van der Waals surface area contributed by atoms with Gasteiger partial charge in [-0.2, -0.15) is 4.31 Å². The van der Waals surface area contributed by atoms with Crippen LogP contribution in [0.15, 0.2) is 18.2 Å². The number of carbonyl (C=O) groups excluding carboxylic acids is 1. The van der Waals surface area contributed by atoms with Gasteiger partial charge in [-0.05, 0) is 49.9 Å². The van der Waals surface area contributed by atoms with Crippen molar-refractivity contribution in [3.63, 3.8) is 0 Å². The van der Waals surface area contributed by atoms with Crippen LogP contribution < -0.4 is 0 Å². The van der Waals surface area contributed by atoms with Gasteiger partial charge in [0.1, 0.15) is 5.82 Å². The molecule has 0 spiro atoms. The topological polar surface area (TPSA) is 57.7 Å². The maximum Gasteiger partial charge on any atom is 0.253 e. The number of hydrogen-bond acceptors (Lipinski definition) is 3. The number of nitrogens with zero attached hydrogens (tertiary/aromatic N) is 2. The molecular weight excluding hydrogens is 319 g/mol. The summed E-state index contributed by atoms with van der Waals surface area (Å²) in [6.07, 6.45) is 1.96. The molecule has 2 aliphatic rings. The minimum absolute atomic E-state index is 0.0132. The van der Waals surface area contributed by atoms with Crippen LogP contribution in [-0.2, 0) is 10.0 Å². The summed E-state index contributed by atoms with van der Waals surface area (Å²) < 4.78 is 39.0. The number of carbonyl (C=O) groups is 1. The van der Waals surface area contributed by atoms with E-state index in [1.807, 2.05) is 0 Å². The molecule has 1 aromatic rings. The lowest BCUT2D eigenvalue weighted by molar-refractivity contribution is 0.0681. The minimum Gasteiger partial charge on any atom is -0.339 e. The summed E-state index contributed by atoms with van der Waals surface area (Å²) in [7, 11) is -3.11. The quantitative estimate of drug-likeness (QED) is 0.824. The monoisotopic (exact) mass is 340 g/mol. The van der Waals surface area contributed by atoms with E-state index < -0.39 is 15.8 Å². The molecule has 2 aliphatic heterocycles. The summed E-state index contributed by atoms with van der Waals surface area (Å²) in [6, 6.07) is 4.32. The van der Waals surface area contributed by atoms with Crippen molar-refractivity contribution in [2.24, 2.45) is 0 Å². The molecule has 23 heavy (non-hydrogen) atoms. The molecule has 1 aromatic carbocycles. The first-order valence-electron chi connectivity index (χ1n) is 7.93. The molecule has 0 aromatic heterocycles. The molecule has 2 fully saturated rings. The molecule has 0 saturated carbocycles. The highest BCUT2D eigenvalue weighted by atomic mass is 32.2. The molecule has 0 bridgehead atoms. The van der Waals surface area contributed by atoms with Gasteiger partial charge in [0, 0.05) is 31.2 Å². The molecule has 0 N–H and O–H groups in total. The van der Waals surface area contributed by atoms with Gasteiger partial charge in [-0.15, -0.1) is 0 Å². The van der Waals surface area contributed by atoms with E-state index in [2.05, 4.69) is 0 Å². The van der Waals surface area contributed by atoms with Gasteiger partial charge in [0.2, 0.25) is 10.0 Å². The van der Waals surface area contributed by atoms with Crippen LogP contribution in [0.5, 0.6) is 0 Å². The van der Waals surface area contributed by atoms with Gasteiger partial charge in [-0.3, -0.25) is 4.79 Å². The highest BCUT2D eigenvalue weighted by molar-refractivity contribution is 7.89. The maximum absolute atomic E-state index is 13.5. The average Bonchev–Trinajstić information content (AvgIpc) is 2.85. The number of piperidine rings is 1. The van der Waals surface area contributed by atoms with E-state index in [9.17, 15) is 17.6 Å². The van der Waals surface area contributed by atoms with Crippen LogP contribution in [0.1, 0.15) is 35.2 Å². The van der Waals surface area contributed by atoms with Gasteiger partial charge in [0.15, 0.2) is 0 Å². The van der Waals surface area contributed by atoms with Crippen LogP contribution >= 0.6 is 0 Å². The Morgan fingerprint density at radius 2 is 1.87 bits per heavy atom. The van der Waals surface area contributed by atoms with Crippen molar-refractivity contribution in [3.8, 4) is 0 Å². The zero-order chi connectivity index (χ0) is 16.6. The predicted molar refractivity (Wildman–Crippen MR) is 85.2 cm³/mol. The summed E-state index contributed by atoms with van der Waals surface area (Å²) in [5, 5.41) is 0. The lowest BCUT2D eigenvalue weighted by Gasteiger charge is -2.35. The Morgan fingerprint density at radius 3 is 2.43 bits per heavy atom. The van der Waals surface area contributed by atoms with Gasteiger partial charge in [-0.25, -0.2) is 12.8 Å². The molecule has 0 aliphatic carbocycles. The lowest BCUT2D eigenvalue weighted by atomic mass is 10.0. The third kappa shape index (κ3) is 3.40. The van der Waals surface area contributed by atoms with E-state index in [1.165, 1.54) is 12.1 Å². The van der Waals surface area contributed by atoms with Crippen LogP contribution in [0.25, 0.3) is 0 Å². The molecule has 5 nitrogen and oxygen atoms in total. The predicted octanol–water partition coefficient (Wildman–Crippen LogP) is 1.77. The van der Waals surface area contributed by atoms with Crippen LogP contribution in [-0.4, -0.2) is 55.0 Å². The van der Waals surface area contributed by atoms with Crippen molar-refractivity contribution >= 4 is 15.9 Å². The first-order valence-corrected chi connectivity index (χ1v) is 9.54. The Morgan fingerprint density at radius 1 is 1.17 bits per heavy atom. The number of rotatable bonds is 2. The van der Waals surface area contributed by atoms with Crippen molar-refractivity contribution in [2.45, 2.75) is 32.2 Å². The van der Waals surface area contributed by atoms with Crippen LogP contribution in [0.4, 0.5) is 4.39 Å². The van der Waals surface area contributed by atoms with E-state index in [0.717, 1.165) is 0 Å². The molecule has 0 unspecified atom stereocenters. The Bertz CT molecular complexity index is 692. The highest BCUT2D eigenvalue weighted by Crippen LogP contribution is 2.25. The Kier molecular flexibility index (Phi) is 4.42. The van der Waals surface area contributed by atoms with Crippen molar-refractivity contribution in [3.05, 3.63) is 35.1 Å². The second-order valence-electron chi connectivity index (χ2n) is 6.32. The van der Waals surface area contributed by atoms with Gasteiger partial charge >= 0.3 is 0 Å². The number of hydrogen-bond donors (Lipinski definition) is 0. The molecule has 7 heteroatoms. The zero-order valence-corrected chi connectivity index (χ0v) is 14.0. The van der Waals surface area contributed by atoms with Crippen LogP contribution in [0, 0.1) is 12.7 Å². The van der Waals surface area contributed by atoms with Crippen molar-refractivity contribution < 1.29 is 17.6 Å². The SMILES string of the molecule is Cc1cc(F)cc(C(=O)N2CCC(N3CCCS3(=O)=O)CC2)c1. The van der Waals surface area contributed by atoms with Crippen molar-refractivity contribution in [1.29, 1.82) is 0 Å².